The molecule has 0 aliphatic rings. The van der Waals surface area contributed by atoms with Gasteiger partial charge in [0.1, 0.15) is 0 Å². The predicted octanol–water partition coefficient (Wildman–Crippen LogP) is 3.33. The summed E-state index contributed by atoms with van der Waals surface area (Å²) < 4.78 is 4.11. The van der Waals surface area contributed by atoms with Crippen LogP contribution in [0.15, 0.2) is 12.1 Å². The number of nitrogens with zero attached hydrogens (tertiary/aromatic N) is 2. The fourth-order valence-electron chi connectivity index (χ4n) is 2.40. The zero-order valence-electron chi connectivity index (χ0n) is 12.2. The number of rotatable bonds is 4. The summed E-state index contributed by atoms with van der Waals surface area (Å²) in [6.07, 6.45) is 0.925. The molecule has 0 fully saturated rings. The quantitative estimate of drug-likeness (QED) is 0.930. The molecule has 0 saturated carbocycles. The summed E-state index contributed by atoms with van der Waals surface area (Å²) >= 11 is 1.50. The van der Waals surface area contributed by atoms with Crippen molar-refractivity contribution in [1.82, 2.24) is 14.9 Å². The fraction of sp³-hybridized carbons (Fsp3) is 0.467. The highest BCUT2D eigenvalue weighted by molar-refractivity contribution is 7.05. The Kier molecular flexibility index (Phi) is 4.32. The molecule has 0 bridgehead atoms. The van der Waals surface area contributed by atoms with Crippen molar-refractivity contribution in [2.45, 2.75) is 40.2 Å². The molecule has 0 saturated heterocycles. The number of aryl methyl sites for hydroxylation is 4. The molecule has 1 heterocycles. The molecule has 3 nitrogen and oxygen atoms in total. The van der Waals surface area contributed by atoms with Gasteiger partial charge < -0.3 is 5.32 Å². The number of hydrogen-bond acceptors (Lipinski definition) is 4. The third-order valence-corrected chi connectivity index (χ3v) is 4.50. The van der Waals surface area contributed by atoms with Crippen molar-refractivity contribution in [1.29, 1.82) is 0 Å². The SMILES string of the molecule is CCc1nnsc1C(NC)c1cc(C)c(C)cc1C. The molecule has 19 heavy (non-hydrogen) atoms. The van der Waals surface area contributed by atoms with E-state index in [1.807, 2.05) is 7.05 Å². The maximum absolute atomic E-state index is 4.23. The van der Waals surface area contributed by atoms with E-state index in [4.69, 9.17) is 0 Å². The Morgan fingerprint density at radius 2 is 1.84 bits per heavy atom. The van der Waals surface area contributed by atoms with Gasteiger partial charge in [-0.2, -0.15) is 0 Å². The average Bonchev–Trinajstić information content (AvgIpc) is 2.84. The van der Waals surface area contributed by atoms with Gasteiger partial charge in [-0.1, -0.05) is 23.5 Å². The summed E-state index contributed by atoms with van der Waals surface area (Å²) in [6.45, 7) is 8.62. The van der Waals surface area contributed by atoms with Crippen LogP contribution in [0.25, 0.3) is 0 Å². The van der Waals surface area contributed by atoms with Gasteiger partial charge in [-0.3, -0.25) is 0 Å². The standard InChI is InChI=1S/C15H21N3S/c1-6-13-15(19-18-17-13)14(16-5)12-8-10(3)9(2)7-11(12)4/h7-8,14,16H,6H2,1-5H3. The number of nitrogens with one attached hydrogen (secondary N) is 1. The lowest BCUT2D eigenvalue weighted by Gasteiger charge is -2.19. The second kappa shape index (κ2) is 5.80. The topological polar surface area (TPSA) is 37.8 Å². The molecule has 2 aromatic rings. The van der Waals surface area contributed by atoms with Gasteiger partial charge in [-0.25, -0.2) is 0 Å². The Morgan fingerprint density at radius 3 is 2.47 bits per heavy atom. The summed E-state index contributed by atoms with van der Waals surface area (Å²) in [6, 6.07) is 4.73. The molecule has 0 amide bonds. The Balaban J connectivity index is 2.51. The van der Waals surface area contributed by atoms with Crippen LogP contribution in [0.1, 0.15) is 45.8 Å². The van der Waals surface area contributed by atoms with E-state index in [-0.39, 0.29) is 6.04 Å². The van der Waals surface area contributed by atoms with E-state index in [0.29, 0.717) is 0 Å². The smallest absolute Gasteiger partial charge is 0.0804 e. The van der Waals surface area contributed by atoms with Crippen LogP contribution in [0.2, 0.25) is 0 Å². The van der Waals surface area contributed by atoms with Crippen molar-refractivity contribution in [3.8, 4) is 0 Å². The van der Waals surface area contributed by atoms with Crippen molar-refractivity contribution in [3.63, 3.8) is 0 Å². The zero-order valence-corrected chi connectivity index (χ0v) is 13.1. The van der Waals surface area contributed by atoms with Gasteiger partial charge in [0, 0.05) is 0 Å². The third kappa shape index (κ3) is 2.69. The van der Waals surface area contributed by atoms with Crippen LogP contribution in [0.3, 0.4) is 0 Å². The van der Waals surface area contributed by atoms with E-state index >= 15 is 0 Å². The normalized spacial score (nSPS) is 12.7. The van der Waals surface area contributed by atoms with Crippen LogP contribution in [0.4, 0.5) is 0 Å². The van der Waals surface area contributed by atoms with Gasteiger partial charge in [-0.05, 0) is 68.0 Å². The summed E-state index contributed by atoms with van der Waals surface area (Å²) in [5.74, 6) is 0. The van der Waals surface area contributed by atoms with Crippen LogP contribution < -0.4 is 5.32 Å². The highest BCUT2D eigenvalue weighted by Gasteiger charge is 2.20. The van der Waals surface area contributed by atoms with E-state index in [9.17, 15) is 0 Å². The predicted molar refractivity (Wildman–Crippen MR) is 80.8 cm³/mol. The molecule has 1 unspecified atom stereocenters. The lowest BCUT2D eigenvalue weighted by atomic mass is 9.94. The first-order valence-electron chi connectivity index (χ1n) is 6.64. The van der Waals surface area contributed by atoms with Crippen molar-refractivity contribution < 1.29 is 0 Å². The largest absolute Gasteiger partial charge is 0.309 e. The van der Waals surface area contributed by atoms with Crippen molar-refractivity contribution in [2.75, 3.05) is 7.05 Å². The molecule has 1 atom stereocenters. The van der Waals surface area contributed by atoms with Crippen LogP contribution >= 0.6 is 11.5 Å². The molecular formula is C15H21N3S. The monoisotopic (exact) mass is 275 g/mol. The van der Waals surface area contributed by atoms with Crippen LogP contribution in [-0.2, 0) is 6.42 Å². The van der Waals surface area contributed by atoms with Crippen molar-refractivity contribution in [3.05, 3.63) is 45.0 Å². The fourth-order valence-corrected chi connectivity index (χ4v) is 3.27. The van der Waals surface area contributed by atoms with Gasteiger partial charge in [0.2, 0.25) is 0 Å². The number of aromatic nitrogens is 2. The minimum absolute atomic E-state index is 0.189. The molecule has 1 aromatic carbocycles. The zero-order chi connectivity index (χ0) is 14.0. The lowest BCUT2D eigenvalue weighted by molar-refractivity contribution is 0.688. The van der Waals surface area contributed by atoms with Crippen molar-refractivity contribution >= 4 is 11.5 Å². The number of benzene rings is 1. The molecule has 0 aliphatic heterocycles. The second-order valence-electron chi connectivity index (χ2n) is 4.95. The Labute approximate surface area is 119 Å². The highest BCUT2D eigenvalue weighted by atomic mass is 32.1. The molecular weight excluding hydrogens is 254 g/mol. The van der Waals surface area contributed by atoms with Crippen LogP contribution in [0.5, 0.6) is 0 Å². The third-order valence-electron chi connectivity index (χ3n) is 3.66. The first-order chi connectivity index (χ1) is 9.08. The molecule has 0 spiro atoms. The Morgan fingerprint density at radius 1 is 1.16 bits per heavy atom. The maximum atomic E-state index is 4.23. The van der Waals surface area contributed by atoms with Crippen LogP contribution in [-0.4, -0.2) is 16.6 Å². The van der Waals surface area contributed by atoms with Crippen LogP contribution in [0, 0.1) is 20.8 Å². The molecule has 0 aliphatic carbocycles. The van der Waals surface area contributed by atoms with Gasteiger partial charge in [0.05, 0.1) is 16.6 Å². The van der Waals surface area contributed by atoms with E-state index in [1.54, 1.807) is 0 Å². The maximum Gasteiger partial charge on any atom is 0.0804 e. The Hall–Kier alpha value is -1.26. The molecule has 4 heteroatoms. The van der Waals surface area contributed by atoms with Gasteiger partial charge in [-0.15, -0.1) is 5.10 Å². The minimum atomic E-state index is 0.189. The molecule has 1 aromatic heterocycles. The first-order valence-corrected chi connectivity index (χ1v) is 7.42. The van der Waals surface area contributed by atoms with E-state index in [0.717, 1.165) is 12.1 Å². The second-order valence-corrected chi connectivity index (χ2v) is 5.74. The molecule has 1 N–H and O–H groups in total. The summed E-state index contributed by atoms with van der Waals surface area (Å²) in [5.41, 5.74) is 6.41. The number of hydrogen-bond donors (Lipinski definition) is 1. The summed E-state index contributed by atoms with van der Waals surface area (Å²) in [5, 5.41) is 7.64. The van der Waals surface area contributed by atoms with Gasteiger partial charge in [0.25, 0.3) is 0 Å². The lowest BCUT2D eigenvalue weighted by Crippen LogP contribution is -2.19. The van der Waals surface area contributed by atoms with Gasteiger partial charge >= 0.3 is 0 Å². The average molecular weight is 275 g/mol. The first kappa shape index (κ1) is 14.2. The van der Waals surface area contributed by atoms with E-state index in [1.165, 1.54) is 38.7 Å². The minimum Gasteiger partial charge on any atom is -0.309 e. The summed E-state index contributed by atoms with van der Waals surface area (Å²) in [4.78, 5) is 1.23. The van der Waals surface area contributed by atoms with Crippen molar-refractivity contribution in [2.24, 2.45) is 0 Å². The highest BCUT2D eigenvalue weighted by Crippen LogP contribution is 2.30. The van der Waals surface area contributed by atoms with E-state index in [2.05, 4.69) is 54.7 Å². The Bertz CT molecular complexity index is 575. The van der Waals surface area contributed by atoms with E-state index < -0.39 is 0 Å². The molecule has 2 rings (SSSR count). The summed E-state index contributed by atoms with van der Waals surface area (Å²) in [7, 11) is 2.00. The molecule has 0 radical (unpaired) electrons. The van der Waals surface area contributed by atoms with Gasteiger partial charge in [0.15, 0.2) is 0 Å². The molecule has 102 valence electrons.